The number of carbonyl (C=O) groups is 3. The van der Waals surface area contributed by atoms with E-state index in [1.54, 1.807) is 12.1 Å². The van der Waals surface area contributed by atoms with Crippen LogP contribution in [-0.4, -0.2) is 52.2 Å². The molecule has 10 heteroatoms. The van der Waals surface area contributed by atoms with Gasteiger partial charge < -0.3 is 16.2 Å². The van der Waals surface area contributed by atoms with Crippen LogP contribution in [0.3, 0.4) is 0 Å². The topological polar surface area (TPSA) is 109 Å². The zero-order valence-electron chi connectivity index (χ0n) is 15.6. The third kappa shape index (κ3) is 3.90. The number of benzene rings is 3. The van der Waals surface area contributed by atoms with E-state index in [2.05, 4.69) is 5.32 Å². The minimum absolute atomic E-state index is 0. The van der Waals surface area contributed by atoms with Crippen molar-refractivity contribution in [2.45, 2.75) is 6.18 Å². The monoisotopic (exact) mass is 450 g/mol. The molecule has 3 aromatic carbocycles. The molecule has 0 saturated heterocycles. The Morgan fingerprint density at radius 3 is 2.06 bits per heavy atom. The Labute approximate surface area is 201 Å². The van der Waals surface area contributed by atoms with Gasteiger partial charge in [-0.3, -0.25) is 9.59 Å². The van der Waals surface area contributed by atoms with Crippen LogP contribution in [0.25, 0.3) is 0 Å². The van der Waals surface area contributed by atoms with Crippen LogP contribution < -0.4 is 11.1 Å². The standard InChI is InChI=1S/C22H13F3N2O4.Na.H/c23-22(24,25)10-4-3-5-11(8-10)27-15-9-14(21(30)31)18(26)17-16(15)19(28)12-6-1-2-7-13(12)20(17)29;;/h1-9,27H,26H2,(H,30,31);;. The van der Waals surface area contributed by atoms with Gasteiger partial charge in [-0.15, -0.1) is 0 Å². The number of nitrogens with two attached hydrogens (primary N) is 1. The number of halogens is 3. The van der Waals surface area contributed by atoms with Gasteiger partial charge in [0.25, 0.3) is 0 Å². The molecule has 4 N–H and O–H groups in total. The molecule has 0 fully saturated rings. The van der Waals surface area contributed by atoms with E-state index in [9.17, 15) is 32.7 Å². The first kappa shape index (κ1) is 23.5. The van der Waals surface area contributed by atoms with Gasteiger partial charge in [0.2, 0.25) is 0 Å². The zero-order chi connectivity index (χ0) is 22.5. The van der Waals surface area contributed by atoms with E-state index < -0.39 is 34.8 Å². The molecule has 0 unspecified atom stereocenters. The molecule has 158 valence electrons. The molecule has 0 amide bonds. The maximum absolute atomic E-state index is 13.1. The van der Waals surface area contributed by atoms with E-state index in [-0.39, 0.29) is 68.9 Å². The average molecular weight is 450 g/mol. The van der Waals surface area contributed by atoms with Gasteiger partial charge in [0.05, 0.1) is 33.6 Å². The van der Waals surface area contributed by atoms with Crippen LogP contribution in [0.2, 0.25) is 0 Å². The summed E-state index contributed by atoms with van der Waals surface area (Å²) in [4.78, 5) is 37.9. The Morgan fingerprint density at radius 1 is 0.906 bits per heavy atom. The van der Waals surface area contributed by atoms with Crippen molar-refractivity contribution >= 4 is 64.2 Å². The summed E-state index contributed by atoms with van der Waals surface area (Å²) in [6.07, 6.45) is -4.60. The molecule has 0 aliphatic heterocycles. The first-order valence-electron chi connectivity index (χ1n) is 8.92. The summed E-state index contributed by atoms with van der Waals surface area (Å²) in [7, 11) is 0. The SMILES string of the molecule is Nc1c(C(=O)O)cc(Nc2cccc(C(F)(F)F)c2)c2c1C(=O)c1ccccc1C2=O.[NaH]. The Hall–Kier alpha value is -3.14. The van der Waals surface area contributed by atoms with Crippen molar-refractivity contribution in [2.24, 2.45) is 0 Å². The van der Waals surface area contributed by atoms with Crippen molar-refractivity contribution in [3.05, 3.63) is 88.0 Å². The van der Waals surface area contributed by atoms with Crippen molar-refractivity contribution in [1.29, 1.82) is 0 Å². The molecule has 1 aliphatic rings. The second kappa shape index (κ2) is 8.42. The number of aromatic carboxylic acids is 1. The molecular formula is C22H14F3N2NaO4. The van der Waals surface area contributed by atoms with Gasteiger partial charge in [0.15, 0.2) is 11.6 Å². The number of rotatable bonds is 3. The summed E-state index contributed by atoms with van der Waals surface area (Å²) < 4.78 is 39.2. The van der Waals surface area contributed by atoms with Crippen LogP contribution in [0.5, 0.6) is 0 Å². The van der Waals surface area contributed by atoms with Crippen LogP contribution >= 0.6 is 0 Å². The predicted octanol–water partition coefficient (Wildman–Crippen LogP) is 3.86. The molecule has 6 nitrogen and oxygen atoms in total. The van der Waals surface area contributed by atoms with Gasteiger partial charge in [0, 0.05) is 16.8 Å². The number of ketones is 2. The molecule has 0 saturated carbocycles. The summed E-state index contributed by atoms with van der Waals surface area (Å²) in [5, 5.41) is 12.2. The van der Waals surface area contributed by atoms with Gasteiger partial charge in [-0.05, 0) is 24.3 Å². The molecule has 3 aromatic rings. The van der Waals surface area contributed by atoms with Crippen LogP contribution in [0.1, 0.15) is 47.8 Å². The molecular weight excluding hydrogens is 436 g/mol. The van der Waals surface area contributed by atoms with Gasteiger partial charge in [-0.2, -0.15) is 13.2 Å². The van der Waals surface area contributed by atoms with Crippen molar-refractivity contribution in [3.63, 3.8) is 0 Å². The summed E-state index contributed by atoms with van der Waals surface area (Å²) in [6, 6.07) is 11.2. The van der Waals surface area contributed by atoms with Crippen LogP contribution in [0, 0.1) is 0 Å². The average Bonchev–Trinajstić information content (AvgIpc) is 2.72. The van der Waals surface area contributed by atoms with Crippen molar-refractivity contribution in [1.82, 2.24) is 0 Å². The zero-order valence-corrected chi connectivity index (χ0v) is 15.6. The molecule has 0 atom stereocenters. The van der Waals surface area contributed by atoms with Crippen LogP contribution in [0.15, 0.2) is 54.6 Å². The van der Waals surface area contributed by atoms with Crippen LogP contribution in [0.4, 0.5) is 30.2 Å². The summed E-state index contributed by atoms with van der Waals surface area (Å²) in [6.45, 7) is 0. The van der Waals surface area contributed by atoms with Gasteiger partial charge in [-0.25, -0.2) is 4.79 Å². The normalized spacial score (nSPS) is 12.5. The van der Waals surface area contributed by atoms with Crippen molar-refractivity contribution in [2.75, 3.05) is 11.1 Å². The fourth-order valence-electron chi connectivity index (χ4n) is 3.52. The molecule has 32 heavy (non-hydrogen) atoms. The summed E-state index contributed by atoms with van der Waals surface area (Å²) >= 11 is 0. The second-order valence-electron chi connectivity index (χ2n) is 6.85. The quantitative estimate of drug-likeness (QED) is 0.323. The Morgan fingerprint density at radius 2 is 1.50 bits per heavy atom. The number of carboxylic acids is 1. The van der Waals surface area contributed by atoms with Crippen molar-refractivity contribution in [3.8, 4) is 0 Å². The molecule has 0 bridgehead atoms. The molecule has 0 aromatic heterocycles. The fraction of sp³-hybridized carbons (Fsp3) is 0.0455. The first-order chi connectivity index (χ1) is 14.6. The third-order valence-electron chi connectivity index (χ3n) is 4.94. The van der Waals surface area contributed by atoms with E-state index in [4.69, 9.17) is 5.73 Å². The van der Waals surface area contributed by atoms with E-state index >= 15 is 0 Å². The van der Waals surface area contributed by atoms with Gasteiger partial charge in [0.1, 0.15) is 0 Å². The Kier molecular flexibility index (Phi) is 6.19. The number of hydrogen-bond acceptors (Lipinski definition) is 5. The number of nitrogens with one attached hydrogen (secondary N) is 1. The number of carboxylic acid groups (broad SMARTS) is 1. The fourth-order valence-corrected chi connectivity index (χ4v) is 3.52. The van der Waals surface area contributed by atoms with Crippen LogP contribution in [-0.2, 0) is 6.18 Å². The van der Waals surface area contributed by atoms with Gasteiger partial charge in [-0.1, -0.05) is 30.3 Å². The number of anilines is 3. The summed E-state index contributed by atoms with van der Waals surface area (Å²) in [5.41, 5.74) is 3.66. The van der Waals surface area contributed by atoms with E-state index in [0.717, 1.165) is 24.3 Å². The molecule has 0 heterocycles. The molecule has 1 aliphatic carbocycles. The van der Waals surface area contributed by atoms with E-state index in [1.807, 2.05) is 0 Å². The van der Waals surface area contributed by atoms with Gasteiger partial charge >= 0.3 is 41.7 Å². The number of carbonyl (C=O) groups excluding carboxylic acids is 2. The van der Waals surface area contributed by atoms with E-state index in [1.165, 1.54) is 18.2 Å². The number of alkyl halides is 3. The second-order valence-corrected chi connectivity index (χ2v) is 6.85. The minimum atomic E-state index is -4.60. The first-order valence-corrected chi connectivity index (χ1v) is 8.92. The molecule has 0 spiro atoms. The maximum atomic E-state index is 13.1. The van der Waals surface area contributed by atoms with Crippen molar-refractivity contribution < 1.29 is 32.7 Å². The number of nitrogen functional groups attached to an aromatic ring is 1. The number of fused-ring (bicyclic) bond motifs is 2. The third-order valence-corrected chi connectivity index (χ3v) is 4.94. The molecule has 0 radical (unpaired) electrons. The number of hydrogen-bond donors (Lipinski definition) is 3. The Bertz CT molecular complexity index is 1290. The van der Waals surface area contributed by atoms with E-state index in [0.29, 0.717) is 0 Å². The summed E-state index contributed by atoms with van der Waals surface area (Å²) in [5.74, 6) is -2.69. The Balaban J connectivity index is 0.00000289. The molecule has 4 rings (SSSR count). The predicted molar refractivity (Wildman–Crippen MR) is 113 cm³/mol.